The van der Waals surface area contributed by atoms with Gasteiger partial charge in [0.25, 0.3) is 15.9 Å². The highest BCUT2D eigenvalue weighted by atomic mass is 79.9. The number of pyridine rings is 1. The maximum Gasteiger partial charge on any atom is 0.269 e. The predicted molar refractivity (Wildman–Crippen MR) is 223 cm³/mol. The van der Waals surface area contributed by atoms with Gasteiger partial charge in [-0.2, -0.15) is 0 Å². The lowest BCUT2D eigenvalue weighted by molar-refractivity contribution is 0.0827. The largest absolute Gasteiger partial charge is 0.496 e. The molecule has 282 valence electrons. The van der Waals surface area contributed by atoms with Crippen LogP contribution >= 0.6 is 15.9 Å². The molecule has 0 aliphatic carbocycles. The van der Waals surface area contributed by atoms with Crippen molar-refractivity contribution in [2.24, 2.45) is 0 Å². The summed E-state index contributed by atoms with van der Waals surface area (Å²) < 4.78 is 39.6. The normalized spacial score (nSPS) is 11.2. The maximum atomic E-state index is 13.3. The third kappa shape index (κ3) is 7.38. The first-order chi connectivity index (χ1) is 27.0. The molecule has 0 saturated heterocycles. The van der Waals surface area contributed by atoms with E-state index in [4.69, 9.17) is 14.5 Å². The van der Waals surface area contributed by atoms with Gasteiger partial charge >= 0.3 is 0 Å². The lowest BCUT2D eigenvalue weighted by atomic mass is 10.1. The molecule has 56 heavy (non-hydrogen) atoms. The molecule has 8 aromatic rings. The number of methoxy groups -OCH3 is 2. The van der Waals surface area contributed by atoms with E-state index in [9.17, 15) is 13.2 Å². The third-order valence-corrected chi connectivity index (χ3v) is 11.2. The number of ether oxygens (including phenoxy) is 2. The van der Waals surface area contributed by atoms with Gasteiger partial charge in [0.1, 0.15) is 17.0 Å². The van der Waals surface area contributed by atoms with Crippen LogP contribution in [0.2, 0.25) is 0 Å². The van der Waals surface area contributed by atoms with E-state index in [2.05, 4.69) is 30.9 Å². The molecule has 4 heterocycles. The Labute approximate surface area is 332 Å². The smallest absolute Gasteiger partial charge is 0.269 e. The van der Waals surface area contributed by atoms with E-state index in [1.165, 1.54) is 3.97 Å². The molecule has 13 heteroatoms. The fourth-order valence-corrected chi connectivity index (χ4v) is 7.97. The Balaban J connectivity index is 0.000000172. The van der Waals surface area contributed by atoms with Crippen molar-refractivity contribution in [3.05, 3.63) is 144 Å². The van der Waals surface area contributed by atoms with Gasteiger partial charge in [-0.15, -0.1) is 0 Å². The Morgan fingerprint density at radius 1 is 0.786 bits per heavy atom. The molecule has 4 aromatic carbocycles. The number of benzene rings is 4. The highest BCUT2D eigenvalue weighted by Crippen LogP contribution is 2.38. The van der Waals surface area contributed by atoms with Crippen LogP contribution in [0.1, 0.15) is 15.9 Å². The summed E-state index contributed by atoms with van der Waals surface area (Å²) in [5.41, 5.74) is 8.37. The Bertz CT molecular complexity index is 2830. The van der Waals surface area contributed by atoms with Crippen molar-refractivity contribution in [2.75, 3.05) is 28.3 Å². The van der Waals surface area contributed by atoms with E-state index in [1.54, 1.807) is 82.1 Å². The van der Waals surface area contributed by atoms with E-state index >= 15 is 0 Å². The third-order valence-electron chi connectivity index (χ3n) is 9.14. The Morgan fingerprint density at radius 2 is 1.45 bits per heavy atom. The van der Waals surface area contributed by atoms with Crippen molar-refractivity contribution in [2.45, 2.75) is 11.8 Å². The summed E-state index contributed by atoms with van der Waals surface area (Å²) in [6, 6.07) is 31.4. The Morgan fingerprint density at radius 3 is 2.11 bits per heavy atom. The highest BCUT2D eigenvalue weighted by Gasteiger charge is 2.24. The topological polar surface area (TPSA) is 132 Å². The number of fused-ring (bicyclic) bond motifs is 2. The van der Waals surface area contributed by atoms with Crippen LogP contribution in [-0.4, -0.2) is 71.4 Å². The number of nitrogens with one attached hydrogen (secondary N) is 1. The number of nitrogens with zero attached hydrogens (tertiary/aromatic N) is 5. The number of hydrogen-bond acceptors (Lipinski definition) is 8. The zero-order valence-corrected chi connectivity index (χ0v) is 33.6. The Kier molecular flexibility index (Phi) is 10.7. The van der Waals surface area contributed by atoms with Crippen LogP contribution in [0.25, 0.3) is 55.7 Å². The zero-order chi connectivity index (χ0) is 39.6. The first-order valence-corrected chi connectivity index (χ1v) is 19.6. The van der Waals surface area contributed by atoms with Crippen molar-refractivity contribution in [3.63, 3.8) is 0 Å². The van der Waals surface area contributed by atoms with Crippen molar-refractivity contribution >= 4 is 54.1 Å². The summed E-state index contributed by atoms with van der Waals surface area (Å²) in [7, 11) is 2.91. The van der Waals surface area contributed by atoms with Crippen molar-refractivity contribution < 1.29 is 22.7 Å². The number of amides is 1. The van der Waals surface area contributed by atoms with E-state index < -0.39 is 10.0 Å². The molecule has 4 aromatic heterocycles. The number of carbonyl (C=O) groups excluding carboxylic acids is 1. The molecule has 1 amide bonds. The fourth-order valence-electron chi connectivity index (χ4n) is 6.32. The molecule has 0 fully saturated rings. The second kappa shape index (κ2) is 15.8. The molecule has 0 aliphatic heterocycles. The number of hydrogen-bond donors (Lipinski definition) is 1. The molecule has 0 bridgehead atoms. The minimum absolute atomic E-state index is 0.0488. The number of halogens is 1. The molecule has 0 radical (unpaired) electrons. The molecule has 8 rings (SSSR count). The number of H-pyrrole nitrogens is 1. The minimum Gasteiger partial charge on any atom is -0.496 e. The summed E-state index contributed by atoms with van der Waals surface area (Å²) >= 11 is 3.43. The van der Waals surface area contributed by atoms with Gasteiger partial charge in [-0.05, 0) is 65.3 Å². The van der Waals surface area contributed by atoms with Gasteiger partial charge in [0.15, 0.2) is 11.3 Å². The SMILES string of the molecule is COc1ccccc1-c1c[nH]c2ncc(-c3cccc(C(=O)N(C)C)c3)nc12.COc1ccccc1-c1cn(S(=O)(=O)c2ccc(C)cc2)c2ncc(Br)cc12. The van der Waals surface area contributed by atoms with Gasteiger partial charge in [-0.3, -0.25) is 4.79 Å². The van der Waals surface area contributed by atoms with Crippen LogP contribution in [0.5, 0.6) is 11.5 Å². The second-order valence-corrected chi connectivity index (χ2v) is 15.7. The summed E-state index contributed by atoms with van der Waals surface area (Å²) in [5, 5.41) is 0.717. The average molecular weight is 830 g/mol. The van der Waals surface area contributed by atoms with Crippen LogP contribution in [0, 0.1) is 6.92 Å². The molecular formula is C43H37BrN6O5S. The quantitative estimate of drug-likeness (QED) is 0.161. The lowest BCUT2D eigenvalue weighted by Crippen LogP contribution is -2.21. The standard InChI is InChI=1S/C22H20N4O2.C21H17BrN2O3S/c1-26(2)22(27)15-8-6-7-14(11-15)18-13-24-21-20(25-18)17(12-23-21)16-9-4-5-10-19(16)28-3;1-14-7-9-16(10-8-14)28(25,26)24-13-19(17-5-3-4-6-20(17)27-2)18-11-15(22)12-23-21(18)24/h4-13H,1-3H3,(H,23,24);3-13H,1-2H3. The monoisotopic (exact) mass is 828 g/mol. The first-order valence-electron chi connectivity index (χ1n) is 17.4. The summed E-state index contributed by atoms with van der Waals surface area (Å²) in [6.07, 6.45) is 6.80. The molecule has 0 unspecified atom stereocenters. The van der Waals surface area contributed by atoms with E-state index in [-0.39, 0.29) is 10.8 Å². The second-order valence-electron chi connectivity index (χ2n) is 13.0. The van der Waals surface area contributed by atoms with Crippen LogP contribution in [-0.2, 0) is 10.0 Å². The molecule has 0 saturated carbocycles. The molecule has 1 N–H and O–H groups in total. The lowest BCUT2D eigenvalue weighted by Gasteiger charge is -2.11. The highest BCUT2D eigenvalue weighted by molar-refractivity contribution is 9.10. The molecule has 11 nitrogen and oxygen atoms in total. The average Bonchev–Trinajstić information content (AvgIpc) is 3.82. The van der Waals surface area contributed by atoms with Crippen molar-refractivity contribution in [1.82, 2.24) is 28.8 Å². The van der Waals surface area contributed by atoms with E-state index in [0.29, 0.717) is 28.3 Å². The van der Waals surface area contributed by atoms with Crippen LogP contribution in [0.4, 0.5) is 0 Å². The van der Waals surface area contributed by atoms with Gasteiger partial charge in [0, 0.05) is 75.9 Å². The van der Waals surface area contributed by atoms with Gasteiger partial charge < -0.3 is 19.4 Å². The predicted octanol–water partition coefficient (Wildman–Crippen LogP) is 9.02. The molecular weight excluding hydrogens is 792 g/mol. The van der Waals surface area contributed by atoms with Crippen molar-refractivity contribution in [3.8, 4) is 45.0 Å². The molecule has 0 atom stereocenters. The maximum absolute atomic E-state index is 13.3. The zero-order valence-electron chi connectivity index (χ0n) is 31.2. The number of rotatable bonds is 8. The summed E-state index contributed by atoms with van der Waals surface area (Å²) in [6.45, 7) is 1.92. The van der Waals surface area contributed by atoms with Gasteiger partial charge in [0.2, 0.25) is 0 Å². The van der Waals surface area contributed by atoms with Gasteiger partial charge in [0.05, 0.1) is 31.0 Å². The van der Waals surface area contributed by atoms with Crippen LogP contribution in [0.3, 0.4) is 0 Å². The van der Waals surface area contributed by atoms with Crippen molar-refractivity contribution in [1.29, 1.82) is 0 Å². The Hall–Kier alpha value is -6.31. The molecule has 0 aliphatic rings. The number of aromatic amines is 1. The fraction of sp³-hybridized carbons (Fsp3) is 0.116. The van der Waals surface area contributed by atoms with Gasteiger partial charge in [-0.1, -0.05) is 66.2 Å². The number of aromatic nitrogens is 5. The first kappa shape index (κ1) is 38.0. The van der Waals surface area contributed by atoms with E-state index in [0.717, 1.165) is 54.5 Å². The number of carbonyl (C=O) groups is 1. The summed E-state index contributed by atoms with van der Waals surface area (Å²) in [5.74, 6) is 1.38. The number of para-hydroxylation sites is 2. The minimum atomic E-state index is -3.80. The van der Waals surface area contributed by atoms with Crippen LogP contribution < -0.4 is 9.47 Å². The van der Waals surface area contributed by atoms with Gasteiger partial charge in [-0.25, -0.2) is 27.3 Å². The summed E-state index contributed by atoms with van der Waals surface area (Å²) in [4.78, 5) is 31.0. The van der Waals surface area contributed by atoms with Crippen LogP contribution in [0.15, 0.2) is 137 Å². The van der Waals surface area contributed by atoms with E-state index in [1.807, 2.05) is 85.9 Å². The molecule has 0 spiro atoms. The number of aryl methyl sites for hydroxylation is 1.